The SMILES string of the molecule is COc1ccccc1C(=O)COC(=O)[C@@H]1CCCN1C(=O)C12CC3CC(CC(C3)C1)C2. The predicted molar refractivity (Wildman–Crippen MR) is 114 cm³/mol. The highest BCUT2D eigenvalue weighted by atomic mass is 16.5. The number of hydrogen-bond acceptors (Lipinski definition) is 5. The minimum absolute atomic E-state index is 0.169. The number of esters is 1. The molecule has 5 fully saturated rings. The number of hydrogen-bond donors (Lipinski definition) is 0. The maximum absolute atomic E-state index is 13.7. The van der Waals surface area contributed by atoms with Gasteiger partial charge in [-0.3, -0.25) is 9.59 Å². The second kappa shape index (κ2) is 7.95. The molecule has 0 unspecified atom stereocenters. The van der Waals surface area contributed by atoms with E-state index < -0.39 is 12.0 Å². The Bertz CT molecular complexity index is 858. The van der Waals surface area contributed by atoms with Crippen LogP contribution >= 0.6 is 0 Å². The third-order valence-electron chi connectivity index (χ3n) is 8.03. The van der Waals surface area contributed by atoms with Crippen LogP contribution in [0.2, 0.25) is 0 Å². The number of Topliss-reactive ketones (excluding diaryl/α,β-unsaturated/α-hetero) is 1. The molecular weight excluding hydrogens is 394 g/mol. The van der Waals surface area contributed by atoms with Gasteiger partial charge < -0.3 is 14.4 Å². The lowest BCUT2D eigenvalue weighted by atomic mass is 9.49. The molecule has 6 rings (SSSR count). The van der Waals surface area contributed by atoms with E-state index in [-0.39, 0.29) is 23.7 Å². The molecule has 4 aliphatic carbocycles. The normalized spacial score (nSPS) is 33.4. The summed E-state index contributed by atoms with van der Waals surface area (Å²) in [5.74, 6) is 1.91. The van der Waals surface area contributed by atoms with Gasteiger partial charge in [0.05, 0.1) is 18.1 Å². The van der Waals surface area contributed by atoms with Crippen molar-refractivity contribution in [3.05, 3.63) is 29.8 Å². The van der Waals surface area contributed by atoms with Gasteiger partial charge in [-0.15, -0.1) is 0 Å². The van der Waals surface area contributed by atoms with E-state index in [4.69, 9.17) is 9.47 Å². The van der Waals surface area contributed by atoms with Gasteiger partial charge in [-0.2, -0.15) is 0 Å². The smallest absolute Gasteiger partial charge is 0.329 e. The zero-order chi connectivity index (χ0) is 21.6. The molecule has 0 N–H and O–H groups in total. The number of methoxy groups -OCH3 is 1. The van der Waals surface area contributed by atoms with Gasteiger partial charge in [-0.05, 0) is 81.3 Å². The van der Waals surface area contributed by atoms with Crippen LogP contribution in [0, 0.1) is 23.2 Å². The highest BCUT2D eigenvalue weighted by Crippen LogP contribution is 2.60. The number of ether oxygens (including phenoxy) is 2. The number of ketones is 1. The third kappa shape index (κ3) is 3.64. The van der Waals surface area contributed by atoms with Crippen molar-refractivity contribution in [1.29, 1.82) is 0 Å². The molecule has 0 spiro atoms. The zero-order valence-corrected chi connectivity index (χ0v) is 18.2. The average Bonchev–Trinajstić information content (AvgIpc) is 3.25. The van der Waals surface area contributed by atoms with Crippen LogP contribution < -0.4 is 4.74 Å². The number of likely N-dealkylation sites (tertiary alicyclic amines) is 1. The first-order valence-electron chi connectivity index (χ1n) is 11.6. The summed E-state index contributed by atoms with van der Waals surface area (Å²) in [7, 11) is 1.50. The molecule has 166 valence electrons. The minimum Gasteiger partial charge on any atom is -0.496 e. The Balaban J connectivity index is 1.24. The maximum Gasteiger partial charge on any atom is 0.329 e. The number of rotatable bonds is 6. The predicted octanol–water partition coefficient (Wildman–Crippen LogP) is 3.63. The molecule has 1 amide bonds. The summed E-state index contributed by atoms with van der Waals surface area (Å²) >= 11 is 0. The van der Waals surface area contributed by atoms with Crippen LogP contribution in [0.25, 0.3) is 0 Å². The first-order chi connectivity index (χ1) is 15.0. The van der Waals surface area contributed by atoms with Gasteiger partial charge in [-0.25, -0.2) is 4.79 Å². The highest BCUT2D eigenvalue weighted by Gasteiger charge is 2.57. The fourth-order valence-corrected chi connectivity index (χ4v) is 7.12. The molecule has 4 bridgehead atoms. The number of carbonyl (C=O) groups excluding carboxylic acids is 3. The minimum atomic E-state index is -0.564. The van der Waals surface area contributed by atoms with Crippen LogP contribution in [0.1, 0.15) is 61.7 Å². The number of amides is 1. The molecule has 4 saturated carbocycles. The van der Waals surface area contributed by atoms with Crippen LogP contribution in [0.5, 0.6) is 5.75 Å². The summed E-state index contributed by atoms with van der Waals surface area (Å²) in [4.78, 5) is 40.9. The van der Waals surface area contributed by atoms with Gasteiger partial charge in [-0.1, -0.05) is 12.1 Å². The zero-order valence-electron chi connectivity index (χ0n) is 18.2. The number of para-hydroxylation sites is 1. The Morgan fingerprint density at radius 1 is 1.03 bits per heavy atom. The van der Waals surface area contributed by atoms with E-state index in [1.165, 1.54) is 26.4 Å². The quantitative estimate of drug-likeness (QED) is 0.514. The maximum atomic E-state index is 13.7. The largest absolute Gasteiger partial charge is 0.496 e. The summed E-state index contributed by atoms with van der Waals surface area (Å²) in [6.45, 7) is 0.274. The lowest BCUT2D eigenvalue weighted by Crippen LogP contribution is -2.56. The van der Waals surface area contributed by atoms with Gasteiger partial charge in [0.2, 0.25) is 11.7 Å². The van der Waals surface area contributed by atoms with Crippen LogP contribution in [0.3, 0.4) is 0 Å². The van der Waals surface area contributed by atoms with E-state index in [2.05, 4.69) is 0 Å². The fraction of sp³-hybridized carbons (Fsp3) is 0.640. The van der Waals surface area contributed by atoms with Gasteiger partial charge >= 0.3 is 5.97 Å². The lowest BCUT2D eigenvalue weighted by molar-refractivity contribution is -0.165. The Labute approximate surface area is 183 Å². The van der Waals surface area contributed by atoms with Gasteiger partial charge in [0.25, 0.3) is 0 Å². The van der Waals surface area contributed by atoms with Crippen molar-refractivity contribution in [2.75, 3.05) is 20.3 Å². The summed E-state index contributed by atoms with van der Waals surface area (Å²) < 4.78 is 10.6. The van der Waals surface area contributed by atoms with E-state index in [0.29, 0.717) is 42.0 Å². The van der Waals surface area contributed by atoms with E-state index >= 15 is 0 Å². The Morgan fingerprint density at radius 2 is 1.68 bits per heavy atom. The average molecular weight is 426 g/mol. The summed E-state index contributed by atoms with van der Waals surface area (Å²) in [5.41, 5.74) is 0.135. The Morgan fingerprint density at radius 3 is 2.32 bits per heavy atom. The molecule has 1 aliphatic heterocycles. The number of carbonyl (C=O) groups is 3. The molecule has 1 aromatic carbocycles. The van der Waals surface area contributed by atoms with Crippen molar-refractivity contribution in [2.24, 2.45) is 23.2 Å². The van der Waals surface area contributed by atoms with Crippen LogP contribution in [0.4, 0.5) is 0 Å². The van der Waals surface area contributed by atoms with E-state index in [9.17, 15) is 14.4 Å². The molecule has 0 aromatic heterocycles. The van der Waals surface area contributed by atoms with Crippen LogP contribution in [-0.2, 0) is 14.3 Å². The molecule has 6 heteroatoms. The molecule has 1 saturated heterocycles. The number of benzene rings is 1. The fourth-order valence-electron chi connectivity index (χ4n) is 7.12. The second-order valence-electron chi connectivity index (χ2n) is 10.1. The van der Waals surface area contributed by atoms with Crippen molar-refractivity contribution in [1.82, 2.24) is 4.90 Å². The lowest BCUT2D eigenvalue weighted by Gasteiger charge is -2.56. The summed E-state index contributed by atoms with van der Waals surface area (Å²) in [6.07, 6.45) is 8.22. The van der Waals surface area contributed by atoms with Crippen LogP contribution in [-0.4, -0.2) is 48.9 Å². The molecule has 5 aliphatic rings. The van der Waals surface area contributed by atoms with Gasteiger partial charge in [0.1, 0.15) is 11.8 Å². The van der Waals surface area contributed by atoms with Crippen molar-refractivity contribution >= 4 is 17.7 Å². The summed E-state index contributed by atoms with van der Waals surface area (Å²) in [5, 5.41) is 0. The molecule has 6 nitrogen and oxygen atoms in total. The van der Waals surface area contributed by atoms with Crippen LogP contribution in [0.15, 0.2) is 24.3 Å². The second-order valence-corrected chi connectivity index (χ2v) is 10.1. The molecule has 1 heterocycles. The van der Waals surface area contributed by atoms with Crippen molar-refractivity contribution in [3.63, 3.8) is 0 Å². The first kappa shape index (κ1) is 20.5. The molecule has 31 heavy (non-hydrogen) atoms. The molecular formula is C25H31NO5. The van der Waals surface area contributed by atoms with Crippen molar-refractivity contribution < 1.29 is 23.9 Å². The molecule has 1 atom stereocenters. The Hall–Kier alpha value is -2.37. The Kier molecular flexibility index (Phi) is 5.27. The highest BCUT2D eigenvalue weighted by molar-refractivity contribution is 6.00. The standard InChI is InChI=1S/C25H31NO5/c1-30-22-7-3-2-5-19(22)21(27)15-31-23(28)20-6-4-8-26(20)24(29)25-12-16-9-17(13-25)11-18(10-16)14-25/h2-3,5,7,16-18,20H,4,6,8-15H2,1H3/t16?,17?,18?,20-,25?/m0/s1. The monoisotopic (exact) mass is 425 g/mol. The topological polar surface area (TPSA) is 72.9 Å². The van der Waals surface area contributed by atoms with Gasteiger partial charge in [0, 0.05) is 6.54 Å². The summed E-state index contributed by atoms with van der Waals surface area (Å²) in [6, 6.07) is 6.34. The van der Waals surface area contributed by atoms with E-state index in [1.807, 2.05) is 0 Å². The number of nitrogens with zero attached hydrogens (tertiary/aromatic N) is 1. The van der Waals surface area contributed by atoms with Crippen molar-refractivity contribution in [3.8, 4) is 5.75 Å². The van der Waals surface area contributed by atoms with Crippen molar-refractivity contribution in [2.45, 2.75) is 57.4 Å². The third-order valence-corrected chi connectivity index (χ3v) is 8.03. The van der Waals surface area contributed by atoms with Gasteiger partial charge in [0.15, 0.2) is 6.61 Å². The van der Waals surface area contributed by atoms with E-state index in [1.54, 1.807) is 29.2 Å². The van der Waals surface area contributed by atoms with E-state index in [0.717, 1.165) is 25.7 Å². The first-order valence-corrected chi connectivity index (χ1v) is 11.6. The molecule has 1 aromatic rings. The molecule has 0 radical (unpaired) electrons.